The predicted octanol–water partition coefficient (Wildman–Crippen LogP) is 6.57. The number of rotatable bonds is 5. The summed E-state index contributed by atoms with van der Waals surface area (Å²) in [7, 11) is 0. The van der Waals surface area contributed by atoms with E-state index in [0.717, 1.165) is 45.1 Å². The second kappa shape index (κ2) is 10.8. The molecule has 4 aliphatic rings. The van der Waals surface area contributed by atoms with Gasteiger partial charge in [0.25, 0.3) is 0 Å². The molecule has 8 nitrogen and oxygen atoms in total. The van der Waals surface area contributed by atoms with Crippen LogP contribution in [0, 0.1) is 11.6 Å². The molecule has 2 aromatic heterocycles. The third kappa shape index (κ3) is 4.57. The lowest BCUT2D eigenvalue weighted by atomic mass is 9.95. The van der Waals surface area contributed by atoms with E-state index in [9.17, 15) is 13.9 Å². The van der Waals surface area contributed by atoms with Crippen LogP contribution < -0.4 is 14.4 Å². The van der Waals surface area contributed by atoms with Gasteiger partial charge in [-0.15, -0.1) is 0 Å². The van der Waals surface area contributed by atoms with Gasteiger partial charge in [0.05, 0.1) is 11.6 Å². The first kappa shape index (κ1) is 28.4. The number of fused-ring (bicyclic) bond motifs is 4. The minimum Gasteiger partial charge on any atom is -0.508 e. The monoisotopic (exact) mass is 617 g/mol. The summed E-state index contributed by atoms with van der Waals surface area (Å²) >= 11 is 0. The molecule has 0 spiro atoms. The number of benzene rings is 2. The fourth-order valence-electron chi connectivity index (χ4n) is 7.95. The molecular formula is C34H34F3N5O3. The van der Waals surface area contributed by atoms with Crippen molar-refractivity contribution in [3.8, 4) is 28.9 Å². The zero-order valence-electron chi connectivity index (χ0n) is 24.9. The Morgan fingerprint density at radius 2 is 1.98 bits per heavy atom. The molecule has 234 valence electrons. The molecule has 3 saturated heterocycles. The van der Waals surface area contributed by atoms with Crippen LogP contribution in [0.15, 0.2) is 30.8 Å². The summed E-state index contributed by atoms with van der Waals surface area (Å²) in [5.74, 6) is -0.759. The van der Waals surface area contributed by atoms with E-state index in [2.05, 4.69) is 26.3 Å². The van der Waals surface area contributed by atoms with Gasteiger partial charge in [0.15, 0.2) is 5.82 Å². The van der Waals surface area contributed by atoms with Crippen molar-refractivity contribution in [3.63, 3.8) is 0 Å². The van der Waals surface area contributed by atoms with Gasteiger partial charge in [0.1, 0.15) is 53.4 Å². The molecule has 3 atom stereocenters. The van der Waals surface area contributed by atoms with Crippen LogP contribution in [0.25, 0.3) is 39.0 Å². The van der Waals surface area contributed by atoms with E-state index < -0.39 is 23.3 Å². The zero-order chi connectivity index (χ0) is 30.9. The molecule has 2 aromatic carbocycles. The van der Waals surface area contributed by atoms with Gasteiger partial charge in [-0.1, -0.05) is 31.6 Å². The summed E-state index contributed by atoms with van der Waals surface area (Å²) in [5.41, 5.74) is -0.265. The highest BCUT2D eigenvalue weighted by atomic mass is 19.1. The lowest BCUT2D eigenvalue weighted by Gasteiger charge is -2.31. The first-order valence-electron chi connectivity index (χ1n) is 15.8. The Kier molecular flexibility index (Phi) is 6.78. The molecule has 0 unspecified atom stereocenters. The van der Waals surface area contributed by atoms with Gasteiger partial charge in [0.2, 0.25) is 5.88 Å². The Balaban J connectivity index is 1.33. The second-order valence-corrected chi connectivity index (χ2v) is 12.8. The van der Waals surface area contributed by atoms with Crippen molar-refractivity contribution in [2.45, 2.75) is 62.7 Å². The largest absolute Gasteiger partial charge is 0.508 e. The maximum absolute atomic E-state index is 17.0. The van der Waals surface area contributed by atoms with Crippen molar-refractivity contribution in [2.75, 3.05) is 37.7 Å². The third-order valence-electron chi connectivity index (χ3n) is 10.1. The van der Waals surface area contributed by atoms with E-state index in [-0.39, 0.29) is 52.6 Å². The Morgan fingerprint density at radius 3 is 2.84 bits per heavy atom. The molecule has 11 heteroatoms. The van der Waals surface area contributed by atoms with E-state index in [0.29, 0.717) is 48.1 Å². The van der Waals surface area contributed by atoms with Gasteiger partial charge >= 0.3 is 6.01 Å². The lowest BCUT2D eigenvalue weighted by molar-refractivity contribution is 0.107. The maximum Gasteiger partial charge on any atom is 0.319 e. The van der Waals surface area contributed by atoms with Gasteiger partial charge in [-0.3, -0.25) is 4.90 Å². The number of aromatic nitrogens is 3. The number of phenols is 1. The summed E-state index contributed by atoms with van der Waals surface area (Å²) in [5, 5.41) is 11.8. The van der Waals surface area contributed by atoms with Crippen molar-refractivity contribution < 1.29 is 27.8 Å². The first-order chi connectivity index (χ1) is 21.8. The topological polar surface area (TPSA) is 83.8 Å². The number of ether oxygens (including phenoxy) is 2. The molecule has 8 rings (SSSR count). The van der Waals surface area contributed by atoms with Crippen LogP contribution in [0.3, 0.4) is 0 Å². The lowest BCUT2D eigenvalue weighted by Crippen LogP contribution is -2.43. The minimum atomic E-state index is -0.915. The van der Waals surface area contributed by atoms with Gasteiger partial charge in [0, 0.05) is 36.0 Å². The van der Waals surface area contributed by atoms with Crippen molar-refractivity contribution in [2.24, 2.45) is 0 Å². The molecule has 0 saturated carbocycles. The average Bonchev–Trinajstić information content (AvgIpc) is 3.38. The van der Waals surface area contributed by atoms with E-state index in [1.54, 1.807) is 0 Å². The normalized spacial score (nSPS) is 24.6. The zero-order valence-corrected chi connectivity index (χ0v) is 24.9. The molecule has 1 N–H and O–H groups in total. The number of halogens is 3. The van der Waals surface area contributed by atoms with Gasteiger partial charge in [-0.05, 0) is 55.8 Å². The van der Waals surface area contributed by atoms with Crippen LogP contribution in [0.2, 0.25) is 0 Å². The number of aromatic hydroxyl groups is 1. The van der Waals surface area contributed by atoms with Crippen LogP contribution in [-0.2, 0) is 0 Å². The maximum atomic E-state index is 17.0. The summed E-state index contributed by atoms with van der Waals surface area (Å²) in [6.45, 7) is 6.21. The SMILES string of the molecule is C=Cc1c(F)ccc2cc(O)cc(-c3nc4c5c(nc(OC[C@@]67CCCN6C[C@H](F)C7)nc5c3F)N3CCCCC[C@H]3CO4)c12. The Hall–Kier alpha value is -4.12. The molecule has 0 bridgehead atoms. The molecule has 0 aliphatic carbocycles. The number of anilines is 1. The van der Waals surface area contributed by atoms with Crippen molar-refractivity contribution in [1.29, 1.82) is 0 Å². The summed E-state index contributed by atoms with van der Waals surface area (Å²) in [6.07, 6.45) is 6.53. The van der Waals surface area contributed by atoms with Crippen LogP contribution in [-0.4, -0.2) is 75.6 Å². The third-order valence-corrected chi connectivity index (χ3v) is 10.1. The number of pyridine rings is 1. The van der Waals surface area contributed by atoms with E-state index in [1.165, 1.54) is 30.3 Å². The molecule has 0 amide bonds. The molecule has 6 heterocycles. The van der Waals surface area contributed by atoms with Crippen LogP contribution in [0.1, 0.15) is 50.5 Å². The van der Waals surface area contributed by atoms with Crippen molar-refractivity contribution in [3.05, 3.63) is 48.0 Å². The molecule has 4 aliphatic heterocycles. The Labute approximate surface area is 258 Å². The van der Waals surface area contributed by atoms with Crippen LogP contribution in [0.4, 0.5) is 19.0 Å². The van der Waals surface area contributed by atoms with Gasteiger partial charge in [-0.25, -0.2) is 18.2 Å². The molecular weight excluding hydrogens is 583 g/mol. The Bertz CT molecular complexity index is 1850. The highest BCUT2D eigenvalue weighted by Gasteiger charge is 2.49. The number of nitrogens with zero attached hydrogens (tertiary/aromatic N) is 5. The summed E-state index contributed by atoms with van der Waals surface area (Å²) in [4.78, 5) is 18.4. The van der Waals surface area contributed by atoms with Crippen molar-refractivity contribution in [1.82, 2.24) is 19.9 Å². The average molecular weight is 618 g/mol. The van der Waals surface area contributed by atoms with Crippen LogP contribution >= 0.6 is 0 Å². The van der Waals surface area contributed by atoms with Crippen LogP contribution in [0.5, 0.6) is 17.6 Å². The molecule has 45 heavy (non-hydrogen) atoms. The standard InChI is InChI=1S/C34H34F3N5O3/c1-2-23-25(36)9-8-19-13-22(43)14-24(26(19)23)29-28(37)30-27-31(42-12-5-3-4-7-21(42)17-44-32(27)38-29)40-33(39-30)45-18-34-10-6-11-41(34)16-20(35)15-34/h2,8-9,13-14,20-21,43H,1,3-7,10-12,15-18H2/t20-,21+,34+/m1/s1. The van der Waals surface area contributed by atoms with Gasteiger partial charge < -0.3 is 19.5 Å². The van der Waals surface area contributed by atoms with Crippen molar-refractivity contribution >= 4 is 33.6 Å². The number of hydrogen-bond acceptors (Lipinski definition) is 8. The Morgan fingerprint density at radius 1 is 1.09 bits per heavy atom. The fourth-order valence-corrected chi connectivity index (χ4v) is 7.95. The fraction of sp³-hybridized carbons (Fsp3) is 0.441. The van der Waals surface area contributed by atoms with E-state index in [1.807, 2.05) is 0 Å². The smallest absolute Gasteiger partial charge is 0.319 e. The number of phenolic OH excluding ortho intramolecular Hbond substituents is 1. The molecule has 3 fully saturated rings. The molecule has 0 radical (unpaired) electrons. The highest BCUT2D eigenvalue weighted by Crippen LogP contribution is 2.45. The predicted molar refractivity (Wildman–Crippen MR) is 166 cm³/mol. The van der Waals surface area contributed by atoms with E-state index in [4.69, 9.17) is 14.5 Å². The molecule has 4 aromatic rings. The quantitative estimate of drug-likeness (QED) is 0.269. The highest BCUT2D eigenvalue weighted by molar-refractivity contribution is 6.05. The van der Waals surface area contributed by atoms with E-state index >= 15 is 4.39 Å². The number of alkyl halides is 1. The summed E-state index contributed by atoms with van der Waals surface area (Å²) < 4.78 is 59.0. The minimum absolute atomic E-state index is 0.00604. The van der Waals surface area contributed by atoms with Gasteiger partial charge in [-0.2, -0.15) is 9.97 Å². The second-order valence-electron chi connectivity index (χ2n) is 12.8. The summed E-state index contributed by atoms with van der Waals surface area (Å²) in [6, 6.07) is 5.66. The first-order valence-corrected chi connectivity index (χ1v) is 15.8. The number of hydrogen-bond donors (Lipinski definition) is 1.